The third-order valence-corrected chi connectivity index (χ3v) is 7.25. The van der Waals surface area contributed by atoms with Gasteiger partial charge in [0.25, 0.3) is 0 Å². The third kappa shape index (κ3) is 4.76. The first kappa shape index (κ1) is 24.1. The Morgan fingerprint density at radius 3 is 2.42 bits per heavy atom. The minimum atomic E-state index is -0.842. The average molecular weight is 500 g/mol. The van der Waals surface area contributed by atoms with E-state index in [1.165, 1.54) is 0 Å². The van der Waals surface area contributed by atoms with Crippen molar-refractivity contribution in [3.8, 4) is 28.1 Å². The number of rotatable bonds is 5. The highest BCUT2D eigenvalue weighted by Gasteiger charge is 2.27. The number of para-hydroxylation sites is 1. The molecule has 0 aliphatic carbocycles. The molecule has 0 radical (unpaired) electrons. The van der Waals surface area contributed by atoms with E-state index in [1.807, 2.05) is 41.1 Å². The highest BCUT2D eigenvalue weighted by atomic mass is 35.5. The largest absolute Gasteiger partial charge is 0.465 e. The second-order valence-corrected chi connectivity index (χ2v) is 10.1. The maximum absolute atomic E-state index is 11.8. The second kappa shape index (κ2) is 10.2. The van der Waals surface area contributed by atoms with Gasteiger partial charge in [0.15, 0.2) is 0 Å². The number of carboxylic acid groups (broad SMARTS) is 1. The summed E-state index contributed by atoms with van der Waals surface area (Å²) in [5, 5.41) is 15.2. The molecular weight excluding hydrogens is 470 g/mol. The van der Waals surface area contributed by atoms with Gasteiger partial charge in [0.2, 0.25) is 0 Å². The van der Waals surface area contributed by atoms with E-state index in [2.05, 4.69) is 56.3 Å². The number of likely N-dealkylation sites (tertiary alicyclic amines) is 1. The Kier molecular flexibility index (Phi) is 6.84. The molecule has 36 heavy (non-hydrogen) atoms. The lowest BCUT2D eigenvalue weighted by Gasteiger charge is -2.34. The van der Waals surface area contributed by atoms with Crippen molar-refractivity contribution in [3.63, 3.8) is 0 Å². The van der Waals surface area contributed by atoms with Crippen LogP contribution in [0.15, 0.2) is 78.9 Å². The number of hydrogen-bond acceptors (Lipinski definition) is 2. The van der Waals surface area contributed by atoms with Crippen LogP contribution in [-0.2, 0) is 0 Å². The van der Waals surface area contributed by atoms with Crippen molar-refractivity contribution in [2.45, 2.75) is 45.1 Å². The molecule has 2 heterocycles. The summed E-state index contributed by atoms with van der Waals surface area (Å²) in [5.41, 5.74) is 7.14. The van der Waals surface area contributed by atoms with Crippen LogP contribution < -0.4 is 0 Å². The van der Waals surface area contributed by atoms with Crippen LogP contribution in [0.2, 0.25) is 5.02 Å². The van der Waals surface area contributed by atoms with Gasteiger partial charge in [0.05, 0.1) is 28.1 Å². The van der Waals surface area contributed by atoms with Gasteiger partial charge < -0.3 is 10.0 Å². The van der Waals surface area contributed by atoms with Crippen LogP contribution in [0.5, 0.6) is 0 Å². The molecule has 1 unspecified atom stereocenters. The zero-order chi connectivity index (χ0) is 25.2. The molecule has 5 nitrogen and oxygen atoms in total. The van der Waals surface area contributed by atoms with E-state index < -0.39 is 6.09 Å². The Morgan fingerprint density at radius 1 is 0.944 bits per heavy atom. The molecule has 6 heteroatoms. The maximum atomic E-state index is 11.8. The summed E-state index contributed by atoms with van der Waals surface area (Å²) >= 11 is 6.52. The highest BCUT2D eigenvalue weighted by molar-refractivity contribution is 6.32. The summed E-state index contributed by atoms with van der Waals surface area (Å²) in [6.07, 6.45) is 1.99. The van der Waals surface area contributed by atoms with Gasteiger partial charge in [-0.05, 0) is 66.1 Å². The Balaban J connectivity index is 1.48. The molecule has 1 saturated heterocycles. The molecule has 1 N–H and O–H groups in total. The van der Waals surface area contributed by atoms with E-state index in [9.17, 15) is 9.90 Å². The van der Waals surface area contributed by atoms with Crippen molar-refractivity contribution in [1.29, 1.82) is 0 Å². The predicted molar refractivity (Wildman–Crippen MR) is 145 cm³/mol. The molecule has 0 saturated carbocycles. The summed E-state index contributed by atoms with van der Waals surface area (Å²) in [4.78, 5) is 13.3. The lowest BCUT2D eigenvalue weighted by atomic mass is 9.93. The molecule has 0 spiro atoms. The molecule has 0 bridgehead atoms. The first-order valence-corrected chi connectivity index (χ1v) is 12.9. The number of halogens is 1. The van der Waals surface area contributed by atoms with Crippen LogP contribution in [-0.4, -0.2) is 32.4 Å². The highest BCUT2D eigenvalue weighted by Crippen LogP contribution is 2.35. The van der Waals surface area contributed by atoms with Gasteiger partial charge in [-0.15, -0.1) is 0 Å². The fourth-order valence-electron chi connectivity index (χ4n) is 4.96. The van der Waals surface area contributed by atoms with E-state index in [0.717, 1.165) is 58.6 Å². The zero-order valence-corrected chi connectivity index (χ0v) is 21.3. The zero-order valence-electron chi connectivity index (χ0n) is 20.6. The van der Waals surface area contributed by atoms with E-state index in [-0.39, 0.29) is 6.04 Å². The van der Waals surface area contributed by atoms with Crippen LogP contribution in [0.1, 0.15) is 56.3 Å². The Hall–Kier alpha value is -3.57. The Bertz CT molecular complexity index is 1380. The molecule has 1 fully saturated rings. The molecule has 3 aromatic carbocycles. The Labute approximate surface area is 217 Å². The maximum Gasteiger partial charge on any atom is 0.407 e. The van der Waals surface area contributed by atoms with E-state index in [0.29, 0.717) is 17.5 Å². The molecular formula is C30H30ClN3O2. The number of nitrogens with zero attached hydrogens (tertiary/aromatic N) is 3. The van der Waals surface area contributed by atoms with E-state index in [4.69, 9.17) is 16.7 Å². The van der Waals surface area contributed by atoms with Crippen LogP contribution in [0, 0.1) is 0 Å². The lowest BCUT2D eigenvalue weighted by Crippen LogP contribution is -2.37. The van der Waals surface area contributed by atoms with Crippen molar-refractivity contribution >= 4 is 17.7 Å². The molecule has 5 rings (SSSR count). The summed E-state index contributed by atoms with van der Waals surface area (Å²) in [5.74, 6) is 0.291. The van der Waals surface area contributed by atoms with Gasteiger partial charge in [-0.3, -0.25) is 0 Å². The van der Waals surface area contributed by atoms with Gasteiger partial charge in [-0.25, -0.2) is 9.48 Å². The smallest absolute Gasteiger partial charge is 0.407 e. The number of benzene rings is 3. The number of carbonyl (C=O) groups is 1. The molecule has 4 aromatic rings. The first-order valence-electron chi connectivity index (χ1n) is 12.5. The monoisotopic (exact) mass is 499 g/mol. The molecule has 1 aliphatic rings. The van der Waals surface area contributed by atoms with Crippen LogP contribution in [0.4, 0.5) is 4.79 Å². The van der Waals surface area contributed by atoms with E-state index in [1.54, 1.807) is 4.90 Å². The van der Waals surface area contributed by atoms with Crippen LogP contribution in [0.3, 0.4) is 0 Å². The second-order valence-electron chi connectivity index (χ2n) is 9.66. The lowest BCUT2D eigenvalue weighted by molar-refractivity contribution is 0.107. The summed E-state index contributed by atoms with van der Waals surface area (Å²) in [6.45, 7) is 4.87. The van der Waals surface area contributed by atoms with Crippen LogP contribution >= 0.6 is 11.6 Å². The number of hydrogen-bond donors (Lipinski definition) is 1. The number of piperidine rings is 1. The molecule has 184 valence electrons. The predicted octanol–water partition coefficient (Wildman–Crippen LogP) is 8.19. The molecule has 1 atom stereocenters. The quantitative estimate of drug-likeness (QED) is 0.301. The minimum Gasteiger partial charge on any atom is -0.465 e. The summed E-state index contributed by atoms with van der Waals surface area (Å²) < 4.78 is 1.93. The number of amides is 1. The summed E-state index contributed by atoms with van der Waals surface area (Å²) in [7, 11) is 0. The minimum absolute atomic E-state index is 0.0881. The van der Waals surface area contributed by atoms with Gasteiger partial charge >= 0.3 is 6.09 Å². The van der Waals surface area contributed by atoms with Gasteiger partial charge in [0.1, 0.15) is 0 Å². The van der Waals surface area contributed by atoms with Crippen molar-refractivity contribution in [3.05, 3.63) is 95.1 Å². The molecule has 1 aromatic heterocycles. The molecule has 1 aliphatic heterocycles. The van der Waals surface area contributed by atoms with Gasteiger partial charge in [-0.2, -0.15) is 5.10 Å². The van der Waals surface area contributed by atoms with Crippen molar-refractivity contribution in [2.24, 2.45) is 0 Å². The topological polar surface area (TPSA) is 58.4 Å². The number of aromatic nitrogens is 2. The van der Waals surface area contributed by atoms with E-state index >= 15 is 0 Å². The van der Waals surface area contributed by atoms with Gasteiger partial charge in [-0.1, -0.05) is 80.0 Å². The SMILES string of the molecule is CC(C)c1cc(-c2ccc(-c3cccc(C4CCCCN4C(=O)O)c3)cc2)n(-c2ccccc2Cl)n1. The summed E-state index contributed by atoms with van der Waals surface area (Å²) in [6, 6.07) is 26.5. The van der Waals surface area contributed by atoms with Crippen molar-refractivity contribution in [2.75, 3.05) is 6.54 Å². The van der Waals surface area contributed by atoms with Crippen molar-refractivity contribution < 1.29 is 9.90 Å². The fourth-order valence-corrected chi connectivity index (χ4v) is 5.18. The third-order valence-electron chi connectivity index (χ3n) is 6.93. The van der Waals surface area contributed by atoms with Gasteiger partial charge in [0, 0.05) is 12.1 Å². The van der Waals surface area contributed by atoms with Crippen LogP contribution in [0.25, 0.3) is 28.1 Å². The molecule has 1 amide bonds. The normalized spacial score (nSPS) is 15.9. The average Bonchev–Trinajstić information content (AvgIpc) is 3.35. The standard InChI is InChI=1S/C30H30ClN3O2/c1-20(2)26-19-29(34(32-26)28-12-4-3-10-25(28)31)22-15-13-21(14-16-22)23-8-7-9-24(18-23)27-11-5-6-17-33(27)30(35)36/h3-4,7-10,12-16,18-20,27H,5-6,11,17H2,1-2H3,(H,35,36). The first-order chi connectivity index (χ1) is 17.4. The van der Waals surface area contributed by atoms with Crippen molar-refractivity contribution in [1.82, 2.24) is 14.7 Å². The Morgan fingerprint density at radius 2 is 1.69 bits per heavy atom. The fraction of sp³-hybridized carbons (Fsp3) is 0.267.